The summed E-state index contributed by atoms with van der Waals surface area (Å²) in [5, 5.41) is 13.8. The average Bonchev–Trinajstić information content (AvgIpc) is 3.01. The monoisotopic (exact) mass is 298 g/mol. The van der Waals surface area contributed by atoms with E-state index in [0.29, 0.717) is 16.0 Å². The van der Waals surface area contributed by atoms with Gasteiger partial charge in [0.05, 0.1) is 11.7 Å². The van der Waals surface area contributed by atoms with Gasteiger partial charge in [-0.25, -0.2) is 0 Å². The Labute approximate surface area is 129 Å². The summed E-state index contributed by atoms with van der Waals surface area (Å²) in [6.45, 7) is 0. The highest BCUT2D eigenvalue weighted by atomic mass is 16.5. The van der Waals surface area contributed by atoms with Gasteiger partial charge in [-0.3, -0.25) is 4.79 Å². The number of carbonyl (C=O) groups is 1. The molecule has 114 valence electrons. The van der Waals surface area contributed by atoms with Crippen LogP contribution in [0.2, 0.25) is 0 Å². The van der Waals surface area contributed by atoms with Crippen molar-refractivity contribution in [3.05, 3.63) is 59.6 Å². The van der Waals surface area contributed by atoms with E-state index in [1.165, 1.54) is 37.4 Å². The second-order valence-electron chi connectivity index (χ2n) is 5.45. The molecule has 3 rings (SSSR count). The highest BCUT2D eigenvalue weighted by Crippen LogP contribution is 2.25. The van der Waals surface area contributed by atoms with E-state index in [-0.39, 0.29) is 12.0 Å². The van der Waals surface area contributed by atoms with Gasteiger partial charge in [-0.2, -0.15) is 4.73 Å². The third-order valence-corrected chi connectivity index (χ3v) is 3.76. The van der Waals surface area contributed by atoms with Crippen LogP contribution in [0, 0.1) is 5.21 Å². The Morgan fingerprint density at radius 2 is 1.91 bits per heavy atom. The number of aromatic nitrogens is 1. The summed E-state index contributed by atoms with van der Waals surface area (Å²) in [5.74, 6) is 0.522. The molecule has 5 nitrogen and oxygen atoms in total. The van der Waals surface area contributed by atoms with Gasteiger partial charge < -0.3 is 15.3 Å². The van der Waals surface area contributed by atoms with Crippen LogP contribution in [0.1, 0.15) is 36.0 Å². The molecule has 2 aromatic rings. The van der Waals surface area contributed by atoms with E-state index in [1.54, 1.807) is 0 Å². The number of rotatable bonds is 4. The summed E-state index contributed by atoms with van der Waals surface area (Å²) >= 11 is 0. The maximum atomic E-state index is 12.1. The van der Waals surface area contributed by atoms with Gasteiger partial charge >= 0.3 is 0 Å². The lowest BCUT2D eigenvalue weighted by atomic mass is 10.2. The molecule has 0 bridgehead atoms. The van der Waals surface area contributed by atoms with Gasteiger partial charge in [0.1, 0.15) is 5.75 Å². The lowest BCUT2D eigenvalue weighted by Gasteiger charge is -2.14. The van der Waals surface area contributed by atoms with E-state index in [2.05, 4.69) is 5.32 Å². The van der Waals surface area contributed by atoms with Crippen molar-refractivity contribution in [2.75, 3.05) is 5.32 Å². The first-order valence-electron chi connectivity index (χ1n) is 7.47. The van der Waals surface area contributed by atoms with E-state index in [9.17, 15) is 10.0 Å². The summed E-state index contributed by atoms with van der Waals surface area (Å²) in [5.41, 5.74) is 1.12. The fourth-order valence-electron chi connectivity index (χ4n) is 2.61. The van der Waals surface area contributed by atoms with E-state index >= 15 is 0 Å². The van der Waals surface area contributed by atoms with Crippen LogP contribution in [0.25, 0.3) is 0 Å². The molecule has 5 heteroatoms. The first-order chi connectivity index (χ1) is 10.7. The minimum atomic E-state index is -0.251. The SMILES string of the molecule is O=C(Nc1cccc(OC2CCCC2)c1)c1cc[n+]([O-])cc1. The quantitative estimate of drug-likeness (QED) is 0.697. The Morgan fingerprint density at radius 3 is 2.64 bits per heavy atom. The fourth-order valence-corrected chi connectivity index (χ4v) is 2.61. The van der Waals surface area contributed by atoms with Crippen LogP contribution in [0.4, 0.5) is 5.69 Å². The fraction of sp³-hybridized carbons (Fsp3) is 0.294. The molecule has 1 fully saturated rings. The molecular formula is C17H18N2O3. The number of pyridine rings is 1. The lowest BCUT2D eigenvalue weighted by Crippen LogP contribution is -2.25. The summed E-state index contributed by atoms with van der Waals surface area (Å²) in [6, 6.07) is 10.4. The minimum Gasteiger partial charge on any atom is -0.619 e. The van der Waals surface area contributed by atoms with Crippen LogP contribution < -0.4 is 14.8 Å². The third-order valence-electron chi connectivity index (χ3n) is 3.76. The molecule has 1 aromatic heterocycles. The van der Waals surface area contributed by atoms with Crippen molar-refractivity contribution in [3.63, 3.8) is 0 Å². The van der Waals surface area contributed by atoms with Crippen molar-refractivity contribution in [1.82, 2.24) is 0 Å². The Bertz CT molecular complexity index is 649. The van der Waals surface area contributed by atoms with Crippen LogP contribution >= 0.6 is 0 Å². The Morgan fingerprint density at radius 1 is 1.18 bits per heavy atom. The van der Waals surface area contributed by atoms with Crippen LogP contribution in [-0.4, -0.2) is 12.0 Å². The van der Waals surface area contributed by atoms with Gasteiger partial charge in [-0.1, -0.05) is 6.07 Å². The van der Waals surface area contributed by atoms with Crippen molar-refractivity contribution in [1.29, 1.82) is 0 Å². The third kappa shape index (κ3) is 3.55. The molecule has 1 amide bonds. The van der Waals surface area contributed by atoms with E-state index in [4.69, 9.17) is 4.74 Å². The molecule has 1 aliphatic carbocycles. The molecular weight excluding hydrogens is 280 g/mol. The number of carbonyl (C=O) groups excluding carboxylic acids is 1. The largest absolute Gasteiger partial charge is 0.619 e. The number of hydrogen-bond donors (Lipinski definition) is 1. The highest BCUT2D eigenvalue weighted by Gasteiger charge is 2.16. The molecule has 0 aliphatic heterocycles. The second kappa shape index (κ2) is 6.47. The van der Waals surface area contributed by atoms with Gasteiger partial charge in [-0.05, 0) is 37.8 Å². The van der Waals surface area contributed by atoms with Crippen LogP contribution in [0.5, 0.6) is 5.75 Å². The molecule has 1 heterocycles. The Kier molecular flexibility index (Phi) is 4.23. The predicted octanol–water partition coefficient (Wildman–Crippen LogP) is 2.89. The molecule has 0 unspecified atom stereocenters. The normalized spacial score (nSPS) is 14.7. The summed E-state index contributed by atoms with van der Waals surface area (Å²) < 4.78 is 6.57. The van der Waals surface area contributed by atoms with Crippen molar-refractivity contribution >= 4 is 11.6 Å². The maximum absolute atomic E-state index is 12.1. The number of benzene rings is 1. The van der Waals surface area contributed by atoms with E-state index in [0.717, 1.165) is 18.6 Å². The summed E-state index contributed by atoms with van der Waals surface area (Å²) in [4.78, 5) is 12.1. The molecule has 0 spiro atoms. The van der Waals surface area contributed by atoms with Gasteiger partial charge in [0.2, 0.25) is 0 Å². The average molecular weight is 298 g/mol. The second-order valence-corrected chi connectivity index (χ2v) is 5.45. The number of hydrogen-bond acceptors (Lipinski definition) is 3. The molecule has 1 aliphatic rings. The first kappa shape index (κ1) is 14.4. The summed E-state index contributed by atoms with van der Waals surface area (Å²) in [6.07, 6.45) is 7.51. The number of ether oxygens (including phenoxy) is 1. The Hall–Kier alpha value is -2.56. The summed E-state index contributed by atoms with van der Waals surface area (Å²) in [7, 11) is 0. The van der Waals surface area contributed by atoms with Crippen LogP contribution in [-0.2, 0) is 0 Å². The molecule has 0 radical (unpaired) electrons. The zero-order chi connectivity index (χ0) is 15.4. The standard InChI is InChI=1S/C17H18N2O3/c20-17(13-8-10-19(21)11-9-13)18-14-4-3-7-16(12-14)22-15-5-1-2-6-15/h3-4,7-12,15H,1-2,5-6H2,(H,18,20). The number of anilines is 1. The van der Waals surface area contributed by atoms with E-state index < -0.39 is 0 Å². The van der Waals surface area contributed by atoms with Crippen molar-refractivity contribution in [2.24, 2.45) is 0 Å². The lowest BCUT2D eigenvalue weighted by molar-refractivity contribution is -0.605. The van der Waals surface area contributed by atoms with Gasteiger partial charge in [0, 0.05) is 23.9 Å². The molecule has 1 N–H and O–H groups in total. The smallest absolute Gasteiger partial charge is 0.256 e. The van der Waals surface area contributed by atoms with Gasteiger partial charge in [-0.15, -0.1) is 0 Å². The Balaban J connectivity index is 1.66. The number of nitrogens with zero attached hydrogens (tertiary/aromatic N) is 1. The molecule has 1 saturated carbocycles. The molecule has 22 heavy (non-hydrogen) atoms. The zero-order valence-corrected chi connectivity index (χ0v) is 12.2. The topological polar surface area (TPSA) is 65.3 Å². The molecule has 0 saturated heterocycles. The zero-order valence-electron chi connectivity index (χ0n) is 12.2. The van der Waals surface area contributed by atoms with Gasteiger partial charge in [0.15, 0.2) is 12.4 Å². The van der Waals surface area contributed by atoms with Crippen molar-refractivity contribution < 1.29 is 14.3 Å². The number of amides is 1. The van der Waals surface area contributed by atoms with Crippen LogP contribution in [0.15, 0.2) is 48.8 Å². The minimum absolute atomic E-state index is 0.251. The van der Waals surface area contributed by atoms with Gasteiger partial charge in [0.25, 0.3) is 5.91 Å². The molecule has 1 aromatic carbocycles. The predicted molar refractivity (Wildman–Crippen MR) is 82.7 cm³/mol. The number of nitrogens with one attached hydrogen (secondary N) is 1. The maximum Gasteiger partial charge on any atom is 0.256 e. The van der Waals surface area contributed by atoms with Crippen molar-refractivity contribution in [3.8, 4) is 5.75 Å². The molecule has 0 atom stereocenters. The van der Waals surface area contributed by atoms with Crippen LogP contribution in [0.3, 0.4) is 0 Å². The highest BCUT2D eigenvalue weighted by molar-refractivity contribution is 6.04. The van der Waals surface area contributed by atoms with E-state index in [1.807, 2.05) is 24.3 Å². The first-order valence-corrected chi connectivity index (χ1v) is 7.47. The van der Waals surface area contributed by atoms with Crippen molar-refractivity contribution in [2.45, 2.75) is 31.8 Å².